The lowest BCUT2D eigenvalue weighted by molar-refractivity contribution is -0.134. The summed E-state index contributed by atoms with van der Waals surface area (Å²) < 4.78 is 32.9. The second-order valence-corrected chi connectivity index (χ2v) is 8.01. The zero-order valence-corrected chi connectivity index (χ0v) is 17.6. The van der Waals surface area contributed by atoms with Crippen molar-refractivity contribution in [2.24, 2.45) is 5.92 Å². The maximum absolute atomic E-state index is 13.9. The van der Waals surface area contributed by atoms with Gasteiger partial charge in [-0.2, -0.15) is 0 Å². The van der Waals surface area contributed by atoms with E-state index in [-0.39, 0.29) is 30.2 Å². The van der Waals surface area contributed by atoms with Gasteiger partial charge in [0.15, 0.2) is 5.78 Å². The van der Waals surface area contributed by atoms with Crippen LogP contribution >= 0.6 is 0 Å². The molecule has 4 rings (SSSR count). The van der Waals surface area contributed by atoms with E-state index in [0.29, 0.717) is 50.5 Å². The van der Waals surface area contributed by atoms with E-state index >= 15 is 0 Å². The minimum absolute atomic E-state index is 0.0789. The van der Waals surface area contributed by atoms with Gasteiger partial charge in [-0.05, 0) is 43.2 Å². The van der Waals surface area contributed by atoms with Crippen molar-refractivity contribution in [3.05, 3.63) is 59.7 Å². The summed E-state index contributed by atoms with van der Waals surface area (Å²) in [7, 11) is 0. The first-order chi connectivity index (χ1) is 15.4. The molecule has 0 aromatic heterocycles. The Morgan fingerprint density at radius 3 is 2.44 bits per heavy atom. The third-order valence-corrected chi connectivity index (χ3v) is 5.99. The van der Waals surface area contributed by atoms with E-state index in [0.717, 1.165) is 18.2 Å². The maximum Gasteiger partial charge on any atom is 0.227 e. The van der Waals surface area contributed by atoms with E-state index in [9.17, 15) is 23.2 Å². The highest BCUT2D eigenvalue weighted by molar-refractivity contribution is 5.98. The van der Waals surface area contributed by atoms with Crippen molar-refractivity contribution >= 4 is 23.3 Å². The predicted molar refractivity (Wildman–Crippen MR) is 114 cm³/mol. The van der Waals surface area contributed by atoms with Gasteiger partial charge in [-0.15, -0.1) is 0 Å². The molecular formula is C24H24F2N2O4. The smallest absolute Gasteiger partial charge is 0.227 e. The molecule has 0 N–H and O–H groups in total. The standard InChI is InChI=1S/C24H24F2N2O4/c25-17-5-6-19(26)18(15-17)24(31)16-9-11-27(12-10-16)22(29)7-8-23(30)28-13-14-32-21-4-2-1-3-20(21)28/h1-6,15-16H,7-14H2. The second kappa shape index (κ2) is 9.46. The molecule has 8 heteroatoms. The lowest BCUT2D eigenvalue weighted by atomic mass is 9.88. The summed E-state index contributed by atoms with van der Waals surface area (Å²) in [6.45, 7) is 1.54. The van der Waals surface area contributed by atoms with E-state index in [1.165, 1.54) is 0 Å². The Morgan fingerprint density at radius 1 is 0.938 bits per heavy atom. The Hall–Kier alpha value is -3.29. The van der Waals surface area contributed by atoms with Crippen molar-refractivity contribution in [1.29, 1.82) is 0 Å². The van der Waals surface area contributed by atoms with E-state index in [2.05, 4.69) is 0 Å². The zero-order chi connectivity index (χ0) is 22.7. The quantitative estimate of drug-likeness (QED) is 0.664. The first-order valence-electron chi connectivity index (χ1n) is 10.7. The summed E-state index contributed by atoms with van der Waals surface area (Å²) in [6, 6.07) is 10.1. The molecule has 2 aliphatic rings. The molecule has 32 heavy (non-hydrogen) atoms. The Labute approximate surface area is 184 Å². The van der Waals surface area contributed by atoms with Gasteiger partial charge in [-0.3, -0.25) is 14.4 Å². The Kier molecular flexibility index (Phi) is 6.48. The van der Waals surface area contributed by atoms with Crippen LogP contribution in [0.25, 0.3) is 0 Å². The Balaban J connectivity index is 1.28. The molecule has 2 aromatic rings. The number of fused-ring (bicyclic) bond motifs is 1. The zero-order valence-electron chi connectivity index (χ0n) is 17.6. The van der Waals surface area contributed by atoms with Crippen molar-refractivity contribution in [2.45, 2.75) is 25.7 Å². The molecule has 2 aliphatic heterocycles. The van der Waals surface area contributed by atoms with E-state index in [1.54, 1.807) is 15.9 Å². The lowest BCUT2D eigenvalue weighted by Crippen LogP contribution is -2.41. The van der Waals surface area contributed by atoms with Gasteiger partial charge in [0.1, 0.15) is 24.0 Å². The van der Waals surface area contributed by atoms with Crippen LogP contribution in [0.15, 0.2) is 42.5 Å². The topological polar surface area (TPSA) is 66.9 Å². The third kappa shape index (κ3) is 4.64. The second-order valence-electron chi connectivity index (χ2n) is 8.01. The summed E-state index contributed by atoms with van der Waals surface area (Å²) >= 11 is 0. The van der Waals surface area contributed by atoms with Crippen LogP contribution in [0.1, 0.15) is 36.0 Å². The molecule has 0 spiro atoms. The number of Topliss-reactive ketones (excluding diaryl/α,β-unsaturated/α-hetero) is 1. The fraction of sp³-hybridized carbons (Fsp3) is 0.375. The van der Waals surface area contributed by atoms with Crippen LogP contribution in [0.2, 0.25) is 0 Å². The van der Waals surface area contributed by atoms with Crippen molar-refractivity contribution < 1.29 is 27.9 Å². The fourth-order valence-corrected chi connectivity index (χ4v) is 4.23. The molecule has 0 atom stereocenters. The van der Waals surface area contributed by atoms with Gasteiger partial charge in [-0.25, -0.2) is 8.78 Å². The number of hydrogen-bond acceptors (Lipinski definition) is 4. The van der Waals surface area contributed by atoms with Crippen LogP contribution in [0.3, 0.4) is 0 Å². The van der Waals surface area contributed by atoms with Gasteiger partial charge in [0.2, 0.25) is 11.8 Å². The van der Waals surface area contributed by atoms with Gasteiger partial charge in [-0.1, -0.05) is 12.1 Å². The number of carbonyl (C=O) groups is 3. The average Bonchev–Trinajstić information content (AvgIpc) is 2.83. The molecule has 0 unspecified atom stereocenters. The van der Waals surface area contributed by atoms with Crippen LogP contribution in [0.5, 0.6) is 5.75 Å². The van der Waals surface area contributed by atoms with Crippen LogP contribution in [-0.4, -0.2) is 48.7 Å². The largest absolute Gasteiger partial charge is 0.490 e. The van der Waals surface area contributed by atoms with E-state index in [1.807, 2.05) is 18.2 Å². The molecule has 0 radical (unpaired) electrons. The van der Waals surface area contributed by atoms with Crippen LogP contribution in [0, 0.1) is 17.6 Å². The van der Waals surface area contributed by atoms with Crippen molar-refractivity contribution in [3.8, 4) is 5.75 Å². The molecule has 0 bridgehead atoms. The Morgan fingerprint density at radius 2 is 1.66 bits per heavy atom. The predicted octanol–water partition coefficient (Wildman–Crippen LogP) is 3.59. The number of ketones is 1. The first kappa shape index (κ1) is 21.9. The molecule has 168 valence electrons. The maximum atomic E-state index is 13.9. The minimum Gasteiger partial charge on any atom is -0.490 e. The molecule has 2 amide bonds. The first-order valence-corrected chi connectivity index (χ1v) is 10.7. The molecule has 1 saturated heterocycles. The molecule has 6 nitrogen and oxygen atoms in total. The number of anilines is 1. The highest BCUT2D eigenvalue weighted by Gasteiger charge is 2.30. The third-order valence-electron chi connectivity index (χ3n) is 5.99. The van der Waals surface area contributed by atoms with Crippen LogP contribution in [0.4, 0.5) is 14.5 Å². The summed E-state index contributed by atoms with van der Waals surface area (Å²) in [5, 5.41) is 0. The van der Waals surface area contributed by atoms with Gasteiger partial charge in [0.05, 0.1) is 17.8 Å². The summed E-state index contributed by atoms with van der Waals surface area (Å²) in [6.07, 6.45) is 0.923. The van der Waals surface area contributed by atoms with Crippen molar-refractivity contribution in [1.82, 2.24) is 4.90 Å². The number of halogens is 2. The van der Waals surface area contributed by atoms with Gasteiger partial charge < -0.3 is 14.5 Å². The molecule has 1 fully saturated rings. The van der Waals surface area contributed by atoms with Gasteiger partial charge in [0, 0.05) is 31.8 Å². The SMILES string of the molecule is O=C(c1cc(F)ccc1F)C1CCN(C(=O)CCC(=O)N2CCOc3ccccc32)CC1. The molecule has 0 aliphatic carbocycles. The van der Waals surface area contributed by atoms with Gasteiger partial charge >= 0.3 is 0 Å². The number of benzene rings is 2. The van der Waals surface area contributed by atoms with Crippen molar-refractivity contribution in [3.63, 3.8) is 0 Å². The minimum atomic E-state index is -0.738. The molecule has 0 saturated carbocycles. The summed E-state index contributed by atoms with van der Waals surface area (Å²) in [4.78, 5) is 41.2. The molecule has 2 aromatic carbocycles. The van der Waals surface area contributed by atoms with Crippen molar-refractivity contribution in [2.75, 3.05) is 31.1 Å². The fourth-order valence-electron chi connectivity index (χ4n) is 4.23. The highest BCUT2D eigenvalue weighted by Crippen LogP contribution is 2.31. The number of hydrogen-bond donors (Lipinski definition) is 0. The number of amides is 2. The lowest BCUT2D eigenvalue weighted by Gasteiger charge is -2.32. The number of carbonyl (C=O) groups excluding carboxylic acids is 3. The molecular weight excluding hydrogens is 418 g/mol. The monoisotopic (exact) mass is 442 g/mol. The van der Waals surface area contributed by atoms with E-state index in [4.69, 9.17) is 4.74 Å². The number of ether oxygens (including phenoxy) is 1. The number of piperidine rings is 1. The number of likely N-dealkylation sites (tertiary alicyclic amines) is 1. The van der Waals surface area contributed by atoms with Crippen LogP contribution in [-0.2, 0) is 9.59 Å². The average molecular weight is 442 g/mol. The van der Waals surface area contributed by atoms with E-state index < -0.39 is 23.3 Å². The number of rotatable bonds is 5. The normalized spacial score (nSPS) is 16.3. The number of para-hydroxylation sites is 2. The Bertz CT molecular complexity index is 1030. The van der Waals surface area contributed by atoms with Gasteiger partial charge in [0.25, 0.3) is 0 Å². The van der Waals surface area contributed by atoms with Crippen LogP contribution < -0.4 is 9.64 Å². The number of nitrogens with zero attached hydrogens (tertiary/aromatic N) is 2. The molecule has 2 heterocycles. The summed E-state index contributed by atoms with van der Waals surface area (Å²) in [5.74, 6) is -1.92. The summed E-state index contributed by atoms with van der Waals surface area (Å²) in [5.41, 5.74) is 0.464. The highest BCUT2D eigenvalue weighted by atomic mass is 19.1.